The highest BCUT2D eigenvalue weighted by atomic mass is 16.4. The van der Waals surface area contributed by atoms with Gasteiger partial charge in [0.2, 0.25) is 0 Å². The highest BCUT2D eigenvalue weighted by molar-refractivity contribution is 5.74. The van der Waals surface area contributed by atoms with Crippen molar-refractivity contribution in [2.45, 2.75) is 19.4 Å². The quantitative estimate of drug-likeness (QED) is 0.871. The van der Waals surface area contributed by atoms with Gasteiger partial charge in [-0.1, -0.05) is 31.2 Å². The lowest BCUT2D eigenvalue weighted by Crippen LogP contribution is -2.23. The van der Waals surface area contributed by atoms with Crippen molar-refractivity contribution >= 4 is 5.97 Å². The molecule has 3 N–H and O–H groups in total. The largest absolute Gasteiger partial charge is 0.480 e. The van der Waals surface area contributed by atoms with E-state index in [0.29, 0.717) is 5.69 Å². The van der Waals surface area contributed by atoms with Crippen molar-refractivity contribution < 1.29 is 9.90 Å². The highest BCUT2D eigenvalue weighted by Crippen LogP contribution is 2.18. The maximum atomic E-state index is 10.8. The van der Waals surface area contributed by atoms with Gasteiger partial charge in [-0.3, -0.25) is 4.79 Å². The van der Waals surface area contributed by atoms with Gasteiger partial charge >= 0.3 is 5.97 Å². The number of hydrogen-bond donors (Lipinski definition) is 2. The van der Waals surface area contributed by atoms with E-state index in [1.807, 2.05) is 24.3 Å². The summed E-state index contributed by atoms with van der Waals surface area (Å²) >= 11 is 0. The Balaban J connectivity index is 2.34. The number of nitrogens with two attached hydrogens (primary N) is 1. The van der Waals surface area contributed by atoms with Crippen molar-refractivity contribution in [2.75, 3.05) is 0 Å². The van der Waals surface area contributed by atoms with Crippen LogP contribution in [0.15, 0.2) is 36.5 Å². The summed E-state index contributed by atoms with van der Waals surface area (Å²) in [7, 11) is 0. The van der Waals surface area contributed by atoms with E-state index in [2.05, 4.69) is 16.9 Å². The molecule has 1 aromatic heterocycles. The summed E-state index contributed by atoms with van der Waals surface area (Å²) in [5.41, 5.74) is 8.33. The standard InChI is InChI=1S/C14H15N3O2/c1-2-9-3-5-10(6-4-9)11-7-8-16-13(17-11)12(15)14(18)19/h3-8,12H,2,15H2,1H3,(H,18,19). The van der Waals surface area contributed by atoms with E-state index >= 15 is 0 Å². The minimum absolute atomic E-state index is 0.115. The first-order chi connectivity index (χ1) is 9.11. The average molecular weight is 257 g/mol. The van der Waals surface area contributed by atoms with Crippen molar-refractivity contribution in [1.29, 1.82) is 0 Å². The fraction of sp³-hybridized carbons (Fsp3) is 0.214. The maximum absolute atomic E-state index is 10.8. The second-order valence-electron chi connectivity index (χ2n) is 4.17. The molecule has 2 aromatic rings. The second kappa shape index (κ2) is 5.58. The minimum atomic E-state index is -1.20. The number of hydrogen-bond acceptors (Lipinski definition) is 4. The van der Waals surface area contributed by atoms with Gasteiger partial charge in [0.15, 0.2) is 11.9 Å². The van der Waals surface area contributed by atoms with Gasteiger partial charge in [-0.15, -0.1) is 0 Å². The number of aryl methyl sites for hydroxylation is 1. The molecule has 1 heterocycles. The predicted octanol–water partition coefficient (Wildman–Crippen LogP) is 1.79. The monoisotopic (exact) mass is 257 g/mol. The summed E-state index contributed by atoms with van der Waals surface area (Å²) in [5.74, 6) is -1.02. The van der Waals surface area contributed by atoms with E-state index in [9.17, 15) is 4.79 Å². The van der Waals surface area contributed by atoms with Crippen molar-refractivity contribution in [2.24, 2.45) is 5.73 Å². The molecule has 0 saturated carbocycles. The summed E-state index contributed by atoms with van der Waals surface area (Å²) in [6.07, 6.45) is 2.49. The number of carboxylic acid groups (broad SMARTS) is 1. The smallest absolute Gasteiger partial charge is 0.328 e. The molecular weight excluding hydrogens is 242 g/mol. The zero-order valence-corrected chi connectivity index (χ0v) is 10.6. The summed E-state index contributed by atoms with van der Waals surface area (Å²) in [5, 5.41) is 8.86. The summed E-state index contributed by atoms with van der Waals surface area (Å²) in [6, 6.07) is 8.49. The topological polar surface area (TPSA) is 89.1 Å². The molecule has 0 radical (unpaired) electrons. The van der Waals surface area contributed by atoms with Crippen molar-refractivity contribution in [1.82, 2.24) is 9.97 Å². The molecule has 5 heteroatoms. The van der Waals surface area contributed by atoms with Gasteiger partial charge in [-0.05, 0) is 18.1 Å². The first kappa shape index (κ1) is 13.2. The molecule has 0 bridgehead atoms. The van der Waals surface area contributed by atoms with Crippen LogP contribution in [0.3, 0.4) is 0 Å². The number of carbonyl (C=O) groups is 1. The lowest BCUT2D eigenvalue weighted by molar-refractivity contribution is -0.138. The second-order valence-corrected chi connectivity index (χ2v) is 4.17. The molecule has 2 rings (SSSR count). The number of benzene rings is 1. The van der Waals surface area contributed by atoms with Crippen LogP contribution in [0.25, 0.3) is 11.3 Å². The molecular formula is C14H15N3O2. The third-order valence-electron chi connectivity index (χ3n) is 2.88. The van der Waals surface area contributed by atoms with Crippen LogP contribution in [0.1, 0.15) is 24.4 Å². The van der Waals surface area contributed by atoms with Crippen LogP contribution >= 0.6 is 0 Å². The van der Waals surface area contributed by atoms with E-state index < -0.39 is 12.0 Å². The molecule has 1 aromatic carbocycles. The number of rotatable bonds is 4. The molecule has 1 unspecified atom stereocenters. The van der Waals surface area contributed by atoms with E-state index in [0.717, 1.165) is 12.0 Å². The van der Waals surface area contributed by atoms with E-state index in [1.165, 1.54) is 11.8 Å². The Morgan fingerprint density at radius 2 is 2.00 bits per heavy atom. The molecule has 0 aliphatic carbocycles. The zero-order valence-electron chi connectivity index (χ0n) is 10.6. The summed E-state index contributed by atoms with van der Waals surface area (Å²) in [6.45, 7) is 2.09. The molecule has 19 heavy (non-hydrogen) atoms. The van der Waals surface area contributed by atoms with Crippen LogP contribution in [-0.2, 0) is 11.2 Å². The Morgan fingerprint density at radius 1 is 1.32 bits per heavy atom. The molecule has 0 aliphatic heterocycles. The van der Waals surface area contributed by atoms with E-state index in [4.69, 9.17) is 10.8 Å². The lowest BCUT2D eigenvalue weighted by Gasteiger charge is -2.07. The molecule has 0 spiro atoms. The Morgan fingerprint density at radius 3 is 2.58 bits per heavy atom. The van der Waals surface area contributed by atoms with Crippen molar-refractivity contribution in [3.05, 3.63) is 47.9 Å². The third-order valence-corrected chi connectivity index (χ3v) is 2.88. The molecule has 0 aliphatic rings. The molecule has 1 atom stereocenters. The van der Waals surface area contributed by atoms with E-state index in [-0.39, 0.29) is 5.82 Å². The Kier molecular flexibility index (Phi) is 3.87. The van der Waals surface area contributed by atoms with Crippen LogP contribution in [0.2, 0.25) is 0 Å². The van der Waals surface area contributed by atoms with Crippen molar-refractivity contribution in [3.8, 4) is 11.3 Å². The number of nitrogens with zero attached hydrogens (tertiary/aromatic N) is 2. The summed E-state index contributed by atoms with van der Waals surface area (Å²) < 4.78 is 0. The van der Waals surface area contributed by atoms with Crippen LogP contribution in [0.4, 0.5) is 0 Å². The number of aliphatic carboxylic acids is 1. The molecule has 0 fully saturated rings. The SMILES string of the molecule is CCc1ccc(-c2ccnc(C(N)C(=O)O)n2)cc1. The predicted molar refractivity (Wildman–Crippen MR) is 71.4 cm³/mol. The first-order valence-electron chi connectivity index (χ1n) is 6.02. The van der Waals surface area contributed by atoms with Gasteiger partial charge in [-0.2, -0.15) is 0 Å². The normalized spacial score (nSPS) is 12.1. The van der Waals surface area contributed by atoms with E-state index in [1.54, 1.807) is 6.07 Å². The third kappa shape index (κ3) is 2.95. The van der Waals surface area contributed by atoms with Crippen LogP contribution in [0.5, 0.6) is 0 Å². The van der Waals surface area contributed by atoms with Crippen molar-refractivity contribution in [3.63, 3.8) is 0 Å². The Hall–Kier alpha value is -2.27. The molecule has 0 amide bonds. The van der Waals surface area contributed by atoms with Gasteiger partial charge in [0, 0.05) is 11.8 Å². The van der Waals surface area contributed by atoms with Crippen LogP contribution < -0.4 is 5.73 Å². The van der Waals surface area contributed by atoms with Gasteiger partial charge in [0.25, 0.3) is 0 Å². The first-order valence-corrected chi connectivity index (χ1v) is 6.02. The van der Waals surface area contributed by atoms with Gasteiger partial charge < -0.3 is 10.8 Å². The lowest BCUT2D eigenvalue weighted by atomic mass is 10.1. The van der Waals surface area contributed by atoms with Gasteiger partial charge in [0.1, 0.15) is 0 Å². The molecule has 98 valence electrons. The van der Waals surface area contributed by atoms with Crippen LogP contribution in [0, 0.1) is 0 Å². The Labute approximate surface area is 111 Å². The van der Waals surface area contributed by atoms with Crippen LogP contribution in [-0.4, -0.2) is 21.0 Å². The Bertz CT molecular complexity index is 581. The van der Waals surface area contributed by atoms with Gasteiger partial charge in [0.05, 0.1) is 5.69 Å². The fourth-order valence-corrected chi connectivity index (χ4v) is 1.71. The number of aromatic nitrogens is 2. The molecule has 5 nitrogen and oxygen atoms in total. The zero-order chi connectivity index (χ0) is 13.8. The van der Waals surface area contributed by atoms with Gasteiger partial charge in [-0.25, -0.2) is 9.97 Å². The average Bonchev–Trinajstić information content (AvgIpc) is 2.46. The molecule has 0 saturated heterocycles. The minimum Gasteiger partial charge on any atom is -0.480 e. The fourth-order valence-electron chi connectivity index (χ4n) is 1.71. The highest BCUT2D eigenvalue weighted by Gasteiger charge is 2.17. The summed E-state index contributed by atoms with van der Waals surface area (Å²) in [4.78, 5) is 18.9. The number of carboxylic acids is 1. The maximum Gasteiger partial charge on any atom is 0.328 e.